The fourth-order valence-electron chi connectivity index (χ4n) is 4.01. The fraction of sp³-hybridized carbons (Fsp3) is 0.364. The lowest BCUT2D eigenvalue weighted by molar-refractivity contribution is -0.137. The van der Waals surface area contributed by atoms with Gasteiger partial charge in [0.1, 0.15) is 5.82 Å². The van der Waals surface area contributed by atoms with E-state index in [1.807, 2.05) is 30.5 Å². The van der Waals surface area contributed by atoms with E-state index in [1.54, 1.807) is 0 Å². The van der Waals surface area contributed by atoms with E-state index in [-0.39, 0.29) is 6.04 Å². The highest BCUT2D eigenvalue weighted by Gasteiger charge is 2.32. The van der Waals surface area contributed by atoms with Crippen molar-refractivity contribution < 1.29 is 13.2 Å². The summed E-state index contributed by atoms with van der Waals surface area (Å²) in [6.45, 7) is 5.10. The predicted molar refractivity (Wildman–Crippen MR) is 114 cm³/mol. The lowest BCUT2D eigenvalue weighted by atomic mass is 10.1. The lowest BCUT2D eigenvalue weighted by Gasteiger charge is -2.42. The Bertz CT molecular complexity index is 997. The zero-order chi connectivity index (χ0) is 22.0. The Morgan fingerprint density at radius 3 is 2.55 bits per heavy atom. The van der Waals surface area contributed by atoms with E-state index in [0.717, 1.165) is 55.1 Å². The topological polar surface area (TPSA) is 74.1 Å². The normalized spacial score (nSPS) is 17.8. The van der Waals surface area contributed by atoms with Crippen molar-refractivity contribution in [2.75, 3.05) is 30.3 Å². The van der Waals surface area contributed by atoms with Gasteiger partial charge in [-0.15, -0.1) is 0 Å². The molecule has 1 unspecified atom stereocenters. The van der Waals surface area contributed by atoms with Gasteiger partial charge in [-0.3, -0.25) is 10.00 Å². The Morgan fingerprint density at radius 1 is 1.13 bits per heavy atom. The molecule has 164 valence electrons. The number of aromatic nitrogens is 3. The van der Waals surface area contributed by atoms with Crippen molar-refractivity contribution in [2.24, 2.45) is 0 Å². The van der Waals surface area contributed by atoms with E-state index in [0.29, 0.717) is 18.1 Å². The van der Waals surface area contributed by atoms with Gasteiger partial charge < -0.3 is 10.6 Å². The summed E-state index contributed by atoms with van der Waals surface area (Å²) >= 11 is 0. The van der Waals surface area contributed by atoms with Crippen molar-refractivity contribution in [2.45, 2.75) is 32.1 Å². The van der Waals surface area contributed by atoms with Gasteiger partial charge in [0.05, 0.1) is 11.3 Å². The van der Waals surface area contributed by atoms with Gasteiger partial charge in [-0.1, -0.05) is 19.1 Å². The third kappa shape index (κ3) is 4.66. The van der Waals surface area contributed by atoms with Gasteiger partial charge in [0.15, 0.2) is 0 Å². The van der Waals surface area contributed by atoms with Gasteiger partial charge in [-0.05, 0) is 30.7 Å². The zero-order valence-corrected chi connectivity index (χ0v) is 17.2. The molecule has 3 heterocycles. The SMILES string of the molecule is CCC1CN(Cc2c[nH]nc2-c2ccc(N)cc2)CCN1c1ccc(C(F)(F)F)cn1. The second kappa shape index (κ2) is 8.58. The summed E-state index contributed by atoms with van der Waals surface area (Å²) in [5, 5.41) is 7.36. The average Bonchev–Trinajstić information content (AvgIpc) is 3.21. The second-order valence-electron chi connectivity index (χ2n) is 7.77. The van der Waals surface area contributed by atoms with Crippen LogP contribution in [0.25, 0.3) is 11.3 Å². The molecule has 1 fully saturated rings. The standard InChI is InChI=1S/C22H25F3N6/c1-2-19-14-30(9-10-31(19)20-8-5-17(12-27-20)22(23,24)25)13-16-11-28-29-21(16)15-3-6-18(26)7-4-15/h3-8,11-12,19H,2,9-10,13-14,26H2,1H3,(H,28,29). The van der Waals surface area contributed by atoms with Crippen LogP contribution in [0.5, 0.6) is 0 Å². The van der Waals surface area contributed by atoms with Crippen LogP contribution in [0.1, 0.15) is 24.5 Å². The molecular formula is C22H25F3N6. The molecule has 2 aromatic heterocycles. The molecule has 0 saturated carbocycles. The Labute approximate surface area is 178 Å². The number of nitrogens with one attached hydrogen (secondary N) is 1. The minimum absolute atomic E-state index is 0.171. The van der Waals surface area contributed by atoms with Crippen LogP contribution in [0.4, 0.5) is 24.7 Å². The molecule has 4 rings (SSSR count). The van der Waals surface area contributed by atoms with Gasteiger partial charge in [0.2, 0.25) is 0 Å². The van der Waals surface area contributed by atoms with Crippen molar-refractivity contribution in [1.82, 2.24) is 20.1 Å². The minimum Gasteiger partial charge on any atom is -0.399 e. The number of hydrogen-bond donors (Lipinski definition) is 2. The second-order valence-corrected chi connectivity index (χ2v) is 7.77. The number of pyridine rings is 1. The van der Waals surface area contributed by atoms with Crippen LogP contribution in [-0.2, 0) is 12.7 Å². The van der Waals surface area contributed by atoms with E-state index in [2.05, 4.69) is 31.9 Å². The molecule has 0 radical (unpaired) electrons. The number of halogens is 3. The quantitative estimate of drug-likeness (QED) is 0.595. The number of anilines is 2. The van der Waals surface area contributed by atoms with Crippen LogP contribution in [0.15, 0.2) is 48.8 Å². The third-order valence-corrected chi connectivity index (χ3v) is 5.70. The van der Waals surface area contributed by atoms with Crippen LogP contribution in [-0.4, -0.2) is 45.8 Å². The number of nitrogens with zero attached hydrogens (tertiary/aromatic N) is 4. The first-order valence-electron chi connectivity index (χ1n) is 10.3. The number of aromatic amines is 1. The fourth-order valence-corrected chi connectivity index (χ4v) is 4.01. The molecule has 1 saturated heterocycles. The van der Waals surface area contributed by atoms with E-state index < -0.39 is 11.7 Å². The molecule has 9 heteroatoms. The number of rotatable bonds is 5. The number of alkyl halides is 3. The molecule has 1 atom stereocenters. The van der Waals surface area contributed by atoms with Gasteiger partial charge >= 0.3 is 6.18 Å². The number of piperazine rings is 1. The maximum Gasteiger partial charge on any atom is 0.417 e. The first-order chi connectivity index (χ1) is 14.8. The van der Waals surface area contributed by atoms with Gasteiger partial charge in [-0.2, -0.15) is 18.3 Å². The number of hydrogen-bond acceptors (Lipinski definition) is 5. The maximum atomic E-state index is 12.8. The van der Waals surface area contributed by atoms with E-state index in [9.17, 15) is 13.2 Å². The molecule has 0 bridgehead atoms. The molecule has 3 aromatic rings. The van der Waals surface area contributed by atoms with Crippen molar-refractivity contribution in [1.29, 1.82) is 0 Å². The molecule has 1 aromatic carbocycles. The van der Waals surface area contributed by atoms with Gasteiger partial charge in [0.25, 0.3) is 0 Å². The molecule has 0 spiro atoms. The number of H-pyrrole nitrogens is 1. The molecule has 0 amide bonds. The molecule has 1 aliphatic rings. The van der Waals surface area contributed by atoms with Crippen LogP contribution in [0.2, 0.25) is 0 Å². The molecular weight excluding hydrogens is 405 g/mol. The summed E-state index contributed by atoms with van der Waals surface area (Å²) in [6, 6.07) is 10.4. The molecule has 3 N–H and O–H groups in total. The summed E-state index contributed by atoms with van der Waals surface area (Å²) in [7, 11) is 0. The van der Waals surface area contributed by atoms with Crippen molar-refractivity contribution in [3.05, 3.63) is 59.9 Å². The number of nitrogen functional groups attached to an aromatic ring is 1. The summed E-state index contributed by atoms with van der Waals surface area (Å²) in [6.07, 6.45) is -0.675. The molecule has 1 aliphatic heterocycles. The minimum atomic E-state index is -4.37. The number of benzene rings is 1. The average molecular weight is 430 g/mol. The highest BCUT2D eigenvalue weighted by atomic mass is 19.4. The highest BCUT2D eigenvalue weighted by molar-refractivity contribution is 5.64. The van der Waals surface area contributed by atoms with Crippen LogP contribution in [0, 0.1) is 0 Å². The van der Waals surface area contributed by atoms with Gasteiger partial charge in [-0.25, -0.2) is 4.98 Å². The molecule has 0 aliphatic carbocycles. The van der Waals surface area contributed by atoms with Crippen molar-refractivity contribution in [3.63, 3.8) is 0 Å². The van der Waals surface area contributed by atoms with Crippen molar-refractivity contribution in [3.8, 4) is 11.3 Å². The molecule has 31 heavy (non-hydrogen) atoms. The largest absolute Gasteiger partial charge is 0.417 e. The zero-order valence-electron chi connectivity index (χ0n) is 17.2. The van der Waals surface area contributed by atoms with Crippen LogP contribution < -0.4 is 10.6 Å². The Kier molecular flexibility index (Phi) is 5.86. The lowest BCUT2D eigenvalue weighted by Crippen LogP contribution is -2.53. The van der Waals surface area contributed by atoms with Crippen molar-refractivity contribution >= 4 is 11.5 Å². The first kappa shape index (κ1) is 21.2. The van der Waals surface area contributed by atoms with E-state index in [4.69, 9.17) is 5.73 Å². The van der Waals surface area contributed by atoms with Gasteiger partial charge in [0, 0.05) is 61.4 Å². The number of nitrogens with two attached hydrogens (primary N) is 1. The Hall–Kier alpha value is -3.07. The highest BCUT2D eigenvalue weighted by Crippen LogP contribution is 2.30. The summed E-state index contributed by atoms with van der Waals surface area (Å²) in [5.41, 5.74) is 8.78. The Balaban J connectivity index is 1.45. The smallest absolute Gasteiger partial charge is 0.399 e. The van der Waals surface area contributed by atoms with Crippen LogP contribution in [0.3, 0.4) is 0 Å². The third-order valence-electron chi connectivity index (χ3n) is 5.70. The summed E-state index contributed by atoms with van der Waals surface area (Å²) in [4.78, 5) is 8.54. The maximum absolute atomic E-state index is 12.8. The first-order valence-corrected chi connectivity index (χ1v) is 10.3. The monoisotopic (exact) mass is 430 g/mol. The Morgan fingerprint density at radius 2 is 1.90 bits per heavy atom. The van der Waals surface area contributed by atoms with Crippen LogP contribution >= 0.6 is 0 Å². The summed E-state index contributed by atoms with van der Waals surface area (Å²) in [5.74, 6) is 0.588. The molecule has 6 nitrogen and oxygen atoms in total. The van der Waals surface area contributed by atoms with E-state index >= 15 is 0 Å². The summed E-state index contributed by atoms with van der Waals surface area (Å²) < 4.78 is 38.5. The predicted octanol–water partition coefficient (Wildman–Crippen LogP) is 4.17. The van der Waals surface area contributed by atoms with E-state index in [1.165, 1.54) is 6.07 Å².